The standard InChI is InChI=1S/C34H31F5/c1-2-3-4-5-6-7-24-8-10-25(11-9-24)12-13-26-15-20-30-29(22-26)19-18-28(33(30)36)17-14-27-16-21-31(32(35)23-27)34(37,38)39/h8-11,15-16,18-23H,2-7,14,17H2,1H3. The lowest BCUT2D eigenvalue weighted by Crippen LogP contribution is -2.08. The van der Waals surface area contributed by atoms with E-state index in [1.807, 2.05) is 24.3 Å². The summed E-state index contributed by atoms with van der Waals surface area (Å²) in [5.74, 6) is 4.62. The molecule has 0 fully saturated rings. The van der Waals surface area contributed by atoms with Gasteiger partial charge in [0.2, 0.25) is 0 Å². The van der Waals surface area contributed by atoms with Crippen LogP contribution in [0.4, 0.5) is 22.0 Å². The molecule has 0 unspecified atom stereocenters. The smallest absolute Gasteiger partial charge is 0.206 e. The van der Waals surface area contributed by atoms with E-state index in [-0.39, 0.29) is 18.7 Å². The number of rotatable bonds is 9. The molecular formula is C34H31F5. The molecule has 0 bridgehead atoms. The Balaban J connectivity index is 1.40. The lowest BCUT2D eigenvalue weighted by molar-refractivity contribution is -0.140. The Labute approximate surface area is 226 Å². The maximum Gasteiger partial charge on any atom is 0.419 e. The highest BCUT2D eigenvalue weighted by molar-refractivity contribution is 5.85. The Morgan fingerprint density at radius 3 is 2.05 bits per heavy atom. The molecule has 0 amide bonds. The first-order valence-corrected chi connectivity index (χ1v) is 13.4. The zero-order chi connectivity index (χ0) is 27.8. The van der Waals surface area contributed by atoms with Gasteiger partial charge in [0.25, 0.3) is 0 Å². The predicted octanol–water partition coefficient (Wildman–Crippen LogP) is 9.83. The van der Waals surface area contributed by atoms with Gasteiger partial charge in [-0.2, -0.15) is 13.2 Å². The van der Waals surface area contributed by atoms with Gasteiger partial charge in [-0.3, -0.25) is 0 Å². The average molecular weight is 535 g/mol. The molecule has 0 heterocycles. The molecule has 5 heteroatoms. The molecule has 39 heavy (non-hydrogen) atoms. The van der Waals surface area contributed by atoms with E-state index in [1.165, 1.54) is 43.7 Å². The SMILES string of the molecule is CCCCCCCc1ccc(C#Cc2ccc3c(F)c(CCc4ccc(C(F)(F)F)c(F)c4)ccc3c2)cc1. The number of aryl methyl sites for hydroxylation is 3. The third-order valence-electron chi connectivity index (χ3n) is 6.93. The van der Waals surface area contributed by atoms with Crippen molar-refractivity contribution in [2.24, 2.45) is 0 Å². The van der Waals surface area contributed by atoms with Crippen molar-refractivity contribution in [2.45, 2.75) is 64.5 Å². The molecule has 4 aromatic carbocycles. The minimum Gasteiger partial charge on any atom is -0.206 e. The molecule has 202 valence electrons. The highest BCUT2D eigenvalue weighted by Crippen LogP contribution is 2.32. The first kappa shape index (κ1) is 28.4. The summed E-state index contributed by atoms with van der Waals surface area (Å²) in [4.78, 5) is 0. The molecule has 0 saturated carbocycles. The van der Waals surface area contributed by atoms with Gasteiger partial charge < -0.3 is 0 Å². The Morgan fingerprint density at radius 1 is 0.641 bits per heavy atom. The fourth-order valence-electron chi connectivity index (χ4n) is 4.66. The normalized spacial score (nSPS) is 11.4. The Kier molecular flexibility index (Phi) is 9.41. The summed E-state index contributed by atoms with van der Waals surface area (Å²) in [6, 6.07) is 19.9. The lowest BCUT2D eigenvalue weighted by atomic mass is 9.98. The van der Waals surface area contributed by atoms with Gasteiger partial charge in [0.05, 0.1) is 5.56 Å². The molecule has 0 N–H and O–H groups in total. The molecule has 0 atom stereocenters. The van der Waals surface area contributed by atoms with Gasteiger partial charge in [0, 0.05) is 16.5 Å². The summed E-state index contributed by atoms with van der Waals surface area (Å²) in [7, 11) is 0. The lowest BCUT2D eigenvalue weighted by Gasteiger charge is -2.10. The third kappa shape index (κ3) is 7.69. The van der Waals surface area contributed by atoms with Crippen LogP contribution in [-0.2, 0) is 25.4 Å². The Bertz CT molecular complexity index is 1470. The first-order chi connectivity index (χ1) is 18.7. The van der Waals surface area contributed by atoms with Crippen molar-refractivity contribution in [3.8, 4) is 11.8 Å². The summed E-state index contributed by atoms with van der Waals surface area (Å²) >= 11 is 0. The van der Waals surface area contributed by atoms with Crippen LogP contribution in [0.2, 0.25) is 0 Å². The molecule has 4 aromatic rings. The van der Waals surface area contributed by atoms with Crippen LogP contribution in [0, 0.1) is 23.5 Å². The molecule has 0 radical (unpaired) electrons. The zero-order valence-electron chi connectivity index (χ0n) is 22.0. The third-order valence-corrected chi connectivity index (χ3v) is 6.93. The summed E-state index contributed by atoms with van der Waals surface area (Å²) in [5.41, 5.74) is 2.52. The van der Waals surface area contributed by atoms with Gasteiger partial charge in [0.1, 0.15) is 11.6 Å². The zero-order valence-corrected chi connectivity index (χ0v) is 22.0. The predicted molar refractivity (Wildman–Crippen MR) is 148 cm³/mol. The van der Waals surface area contributed by atoms with Crippen molar-refractivity contribution < 1.29 is 22.0 Å². The Hall–Kier alpha value is -3.65. The number of alkyl halides is 3. The van der Waals surface area contributed by atoms with Crippen molar-refractivity contribution in [3.63, 3.8) is 0 Å². The topological polar surface area (TPSA) is 0 Å². The van der Waals surface area contributed by atoms with Crippen LogP contribution >= 0.6 is 0 Å². The Morgan fingerprint density at radius 2 is 1.33 bits per heavy atom. The number of benzene rings is 4. The fourth-order valence-corrected chi connectivity index (χ4v) is 4.66. The molecule has 0 saturated heterocycles. The van der Waals surface area contributed by atoms with Crippen LogP contribution in [0.3, 0.4) is 0 Å². The number of fused-ring (bicyclic) bond motifs is 1. The molecule has 0 aliphatic heterocycles. The summed E-state index contributed by atoms with van der Waals surface area (Å²) in [6.45, 7) is 2.22. The average Bonchev–Trinajstić information content (AvgIpc) is 2.91. The van der Waals surface area contributed by atoms with Crippen molar-refractivity contribution in [3.05, 3.63) is 118 Å². The number of hydrogen-bond acceptors (Lipinski definition) is 0. The first-order valence-electron chi connectivity index (χ1n) is 13.4. The largest absolute Gasteiger partial charge is 0.419 e. The second kappa shape index (κ2) is 12.9. The maximum absolute atomic E-state index is 15.2. The maximum atomic E-state index is 15.2. The highest BCUT2D eigenvalue weighted by Gasteiger charge is 2.33. The van der Waals surface area contributed by atoms with Gasteiger partial charge in [-0.1, -0.05) is 80.8 Å². The van der Waals surface area contributed by atoms with Crippen LogP contribution < -0.4 is 0 Å². The summed E-state index contributed by atoms with van der Waals surface area (Å²) < 4.78 is 67.4. The van der Waals surface area contributed by atoms with E-state index in [4.69, 9.17) is 0 Å². The second-order valence-electron chi connectivity index (χ2n) is 9.90. The highest BCUT2D eigenvalue weighted by atomic mass is 19.4. The van der Waals surface area contributed by atoms with Gasteiger partial charge in [0.15, 0.2) is 0 Å². The van der Waals surface area contributed by atoms with Crippen molar-refractivity contribution >= 4 is 10.8 Å². The van der Waals surface area contributed by atoms with Gasteiger partial charge in [-0.05, 0) is 84.2 Å². The molecule has 0 aliphatic carbocycles. The molecule has 0 aromatic heterocycles. The molecule has 0 spiro atoms. The minimum absolute atomic E-state index is 0.221. The fraction of sp³-hybridized carbons (Fsp3) is 0.294. The van der Waals surface area contributed by atoms with Crippen LogP contribution in [0.25, 0.3) is 10.8 Å². The van der Waals surface area contributed by atoms with Gasteiger partial charge in [-0.15, -0.1) is 0 Å². The van der Waals surface area contributed by atoms with Crippen molar-refractivity contribution in [2.75, 3.05) is 0 Å². The van der Waals surface area contributed by atoms with Crippen molar-refractivity contribution in [1.82, 2.24) is 0 Å². The van der Waals surface area contributed by atoms with Crippen LogP contribution in [0.5, 0.6) is 0 Å². The van der Waals surface area contributed by atoms with Crippen LogP contribution in [-0.4, -0.2) is 0 Å². The van der Waals surface area contributed by atoms with Gasteiger partial charge in [-0.25, -0.2) is 8.78 Å². The van der Waals surface area contributed by atoms with E-state index < -0.39 is 17.6 Å². The number of halogens is 5. The molecular weight excluding hydrogens is 503 g/mol. The summed E-state index contributed by atoms with van der Waals surface area (Å²) in [6.07, 6.45) is 3.10. The molecule has 0 nitrogen and oxygen atoms in total. The van der Waals surface area contributed by atoms with Crippen LogP contribution in [0.15, 0.2) is 72.8 Å². The monoisotopic (exact) mass is 534 g/mol. The van der Waals surface area contributed by atoms with E-state index in [1.54, 1.807) is 18.2 Å². The quantitative estimate of drug-likeness (QED) is 0.114. The van der Waals surface area contributed by atoms with E-state index in [0.29, 0.717) is 21.9 Å². The van der Waals surface area contributed by atoms with E-state index in [9.17, 15) is 17.6 Å². The van der Waals surface area contributed by atoms with Crippen molar-refractivity contribution in [1.29, 1.82) is 0 Å². The minimum atomic E-state index is -4.74. The van der Waals surface area contributed by atoms with Crippen LogP contribution in [0.1, 0.15) is 72.4 Å². The second-order valence-corrected chi connectivity index (χ2v) is 9.90. The summed E-state index contributed by atoms with van der Waals surface area (Å²) in [5, 5.41) is 1.15. The van der Waals surface area contributed by atoms with E-state index in [0.717, 1.165) is 29.7 Å². The van der Waals surface area contributed by atoms with Gasteiger partial charge >= 0.3 is 6.18 Å². The molecule has 0 aliphatic rings. The molecule has 4 rings (SSSR count). The number of unbranched alkanes of at least 4 members (excludes halogenated alkanes) is 4. The van der Waals surface area contributed by atoms with E-state index >= 15 is 4.39 Å². The number of hydrogen-bond donors (Lipinski definition) is 0. The van der Waals surface area contributed by atoms with E-state index in [2.05, 4.69) is 30.9 Å².